The van der Waals surface area contributed by atoms with Crippen LogP contribution in [0.4, 0.5) is 10.8 Å². The average molecular weight is 458 g/mol. The quantitative estimate of drug-likeness (QED) is 0.324. The first-order chi connectivity index (χ1) is 14.7. The highest BCUT2D eigenvalue weighted by atomic mass is 32.2. The van der Waals surface area contributed by atoms with Gasteiger partial charge in [0.15, 0.2) is 5.36 Å². The van der Waals surface area contributed by atoms with Gasteiger partial charge in [0.25, 0.3) is 0 Å². The molecule has 4 N–H and O–H groups in total. The Balaban J connectivity index is 1.73. The van der Waals surface area contributed by atoms with Crippen LogP contribution in [0.5, 0.6) is 0 Å². The number of primary sulfonamides is 1. The summed E-state index contributed by atoms with van der Waals surface area (Å²) < 4.78 is 28.9. The van der Waals surface area contributed by atoms with Gasteiger partial charge >= 0.3 is 0 Å². The Morgan fingerprint density at radius 2 is 1.90 bits per heavy atom. The number of benzene rings is 2. The second kappa shape index (κ2) is 7.82. The van der Waals surface area contributed by atoms with E-state index in [1.807, 2.05) is 0 Å². The van der Waals surface area contributed by atoms with Crippen LogP contribution in [-0.2, 0) is 17.1 Å². The number of rotatable bonds is 5. The van der Waals surface area contributed by atoms with E-state index in [9.17, 15) is 18.0 Å². The van der Waals surface area contributed by atoms with Crippen LogP contribution in [0, 0.1) is 0 Å². The van der Waals surface area contributed by atoms with Gasteiger partial charge in [-0.25, -0.2) is 13.6 Å². The number of nitrogens with one attached hydrogen (secondary N) is 2. The van der Waals surface area contributed by atoms with Gasteiger partial charge in [0.2, 0.25) is 20.9 Å². The van der Waals surface area contributed by atoms with Crippen molar-refractivity contribution >= 4 is 43.3 Å². The predicted molar refractivity (Wildman–Crippen MR) is 114 cm³/mol. The standard InChI is InChI=1S/C17H14N8O4S2/c1-25-14(6-7-19-25)21-22-15-13(26)5-4-12(16(15)27)20-23-17-10-8-9(31(18,28)29)2-3-11(10)24-30-17/h2-8,21,23H,1H3,(H2,18,28,29)/b20-12+,22-15+. The number of sulfonamides is 1. The predicted octanol–water partition coefficient (Wildman–Crippen LogP) is -0.871. The molecule has 0 aliphatic carbocycles. The van der Waals surface area contributed by atoms with Crippen molar-refractivity contribution in [3.8, 4) is 0 Å². The summed E-state index contributed by atoms with van der Waals surface area (Å²) in [6.45, 7) is 0. The number of fused-ring (bicyclic) bond motifs is 1. The highest BCUT2D eigenvalue weighted by Crippen LogP contribution is 2.29. The molecule has 0 aliphatic heterocycles. The number of anilines is 2. The third kappa shape index (κ3) is 4.11. The van der Waals surface area contributed by atoms with Gasteiger partial charge in [0.1, 0.15) is 16.2 Å². The van der Waals surface area contributed by atoms with Crippen LogP contribution in [0.3, 0.4) is 0 Å². The zero-order valence-electron chi connectivity index (χ0n) is 15.8. The highest BCUT2D eigenvalue weighted by molar-refractivity contribution is 7.89. The molecule has 4 rings (SSSR count). The van der Waals surface area contributed by atoms with Crippen LogP contribution >= 0.6 is 11.5 Å². The molecule has 0 bridgehead atoms. The van der Waals surface area contributed by atoms with Crippen LogP contribution in [0.1, 0.15) is 0 Å². The number of nitrogens with two attached hydrogens (primary N) is 1. The summed E-state index contributed by atoms with van der Waals surface area (Å²) in [5.41, 5.74) is 4.59. The highest BCUT2D eigenvalue weighted by Gasteiger charge is 2.12. The Labute approximate surface area is 177 Å². The maximum atomic E-state index is 12.6. The van der Waals surface area contributed by atoms with E-state index in [-0.39, 0.29) is 15.6 Å². The van der Waals surface area contributed by atoms with E-state index in [1.54, 1.807) is 13.1 Å². The SMILES string of the molecule is Cn1nccc1N/N=c1\c(=O)cc/c(=N\Nc2snc3ccc(S(N)(=O)=O)cc23)c1=O. The summed E-state index contributed by atoms with van der Waals surface area (Å²) in [4.78, 5) is 24.6. The van der Waals surface area contributed by atoms with Crippen molar-refractivity contribution in [3.63, 3.8) is 0 Å². The minimum absolute atomic E-state index is 0.0608. The summed E-state index contributed by atoms with van der Waals surface area (Å²) in [5, 5.41) is 17.5. The van der Waals surface area contributed by atoms with E-state index in [0.717, 1.165) is 11.5 Å². The van der Waals surface area contributed by atoms with Crippen LogP contribution in [-0.4, -0.2) is 22.6 Å². The topological polar surface area (TPSA) is 174 Å². The van der Waals surface area contributed by atoms with Crippen LogP contribution in [0.15, 0.2) is 67.3 Å². The molecule has 158 valence electrons. The molecule has 12 nitrogen and oxygen atoms in total. The minimum Gasteiger partial charge on any atom is -0.287 e. The van der Waals surface area contributed by atoms with Gasteiger partial charge in [-0.2, -0.15) is 19.7 Å². The summed E-state index contributed by atoms with van der Waals surface area (Å²) in [6, 6.07) is 8.30. The Bertz CT molecular complexity index is 1630. The van der Waals surface area contributed by atoms with Gasteiger partial charge < -0.3 is 0 Å². The molecule has 0 atom stereocenters. The zero-order valence-corrected chi connectivity index (χ0v) is 17.4. The van der Waals surface area contributed by atoms with Gasteiger partial charge in [0.05, 0.1) is 16.6 Å². The second-order valence-electron chi connectivity index (χ2n) is 6.28. The smallest absolute Gasteiger partial charge is 0.238 e. The molecule has 0 amide bonds. The van der Waals surface area contributed by atoms with Crippen molar-refractivity contribution in [3.05, 3.63) is 73.8 Å². The van der Waals surface area contributed by atoms with Gasteiger partial charge in [-0.15, -0.1) is 0 Å². The molecule has 2 heterocycles. The lowest BCUT2D eigenvalue weighted by atomic mass is 10.2. The first kappa shape index (κ1) is 20.5. The maximum absolute atomic E-state index is 12.6. The first-order valence-corrected chi connectivity index (χ1v) is 10.9. The fraction of sp³-hybridized carbons (Fsp3) is 0.0588. The van der Waals surface area contributed by atoms with E-state index < -0.39 is 20.9 Å². The van der Waals surface area contributed by atoms with E-state index in [2.05, 4.69) is 30.5 Å². The molecule has 0 spiro atoms. The molecule has 14 heteroatoms. The molecule has 0 saturated carbocycles. The molecule has 0 aliphatic rings. The Morgan fingerprint density at radius 3 is 2.61 bits per heavy atom. The summed E-state index contributed by atoms with van der Waals surface area (Å²) in [7, 11) is -2.22. The van der Waals surface area contributed by atoms with Crippen molar-refractivity contribution < 1.29 is 8.42 Å². The zero-order chi connectivity index (χ0) is 22.2. The Hall–Kier alpha value is -3.75. The average Bonchev–Trinajstić information content (AvgIpc) is 3.32. The molecule has 0 fully saturated rings. The number of aromatic nitrogens is 3. The summed E-state index contributed by atoms with van der Waals surface area (Å²) in [6.07, 6.45) is 1.53. The lowest BCUT2D eigenvalue weighted by molar-refractivity contribution is 0.598. The fourth-order valence-electron chi connectivity index (χ4n) is 2.62. The molecular weight excluding hydrogens is 444 g/mol. The molecule has 4 aromatic rings. The van der Waals surface area contributed by atoms with Gasteiger partial charge in [-0.1, -0.05) is 0 Å². The number of aryl methyl sites for hydroxylation is 1. The third-order valence-corrected chi connectivity index (χ3v) is 5.92. The van der Waals surface area contributed by atoms with Crippen molar-refractivity contribution in [1.82, 2.24) is 14.2 Å². The van der Waals surface area contributed by atoms with E-state index >= 15 is 0 Å². The number of hydrogen-bond acceptors (Lipinski definition) is 11. The lowest BCUT2D eigenvalue weighted by Gasteiger charge is -2.00. The summed E-state index contributed by atoms with van der Waals surface area (Å²) >= 11 is 1.02. The van der Waals surface area contributed by atoms with Crippen molar-refractivity contribution in [1.29, 1.82) is 0 Å². The van der Waals surface area contributed by atoms with Gasteiger partial charge in [0, 0.05) is 18.5 Å². The maximum Gasteiger partial charge on any atom is 0.238 e. The molecule has 0 unspecified atom stereocenters. The Kier molecular flexibility index (Phi) is 5.18. The largest absolute Gasteiger partial charge is 0.287 e. The lowest BCUT2D eigenvalue weighted by Crippen LogP contribution is -2.48. The molecule has 0 saturated heterocycles. The van der Waals surface area contributed by atoms with Crippen molar-refractivity contribution in [2.24, 2.45) is 22.4 Å². The minimum atomic E-state index is -3.89. The van der Waals surface area contributed by atoms with Crippen LogP contribution < -0.4 is 37.6 Å². The molecule has 2 aromatic carbocycles. The van der Waals surface area contributed by atoms with Crippen LogP contribution in [0.2, 0.25) is 0 Å². The molecule has 31 heavy (non-hydrogen) atoms. The van der Waals surface area contributed by atoms with Gasteiger partial charge in [-0.05, 0) is 41.9 Å². The summed E-state index contributed by atoms with van der Waals surface area (Å²) in [5.74, 6) is 0.487. The number of nitrogens with zero attached hydrogens (tertiary/aromatic N) is 5. The first-order valence-electron chi connectivity index (χ1n) is 8.59. The third-order valence-electron chi connectivity index (χ3n) is 4.23. The van der Waals surface area contributed by atoms with Gasteiger partial charge in [-0.3, -0.25) is 25.1 Å². The van der Waals surface area contributed by atoms with E-state index in [0.29, 0.717) is 21.7 Å². The number of hydrogen-bond donors (Lipinski definition) is 3. The fourth-order valence-corrected chi connectivity index (χ4v) is 3.86. The molecule has 2 aromatic heterocycles. The normalized spacial score (nSPS) is 13.1. The van der Waals surface area contributed by atoms with E-state index in [4.69, 9.17) is 5.14 Å². The molecule has 0 radical (unpaired) electrons. The van der Waals surface area contributed by atoms with E-state index in [1.165, 1.54) is 41.2 Å². The van der Waals surface area contributed by atoms with Crippen molar-refractivity contribution in [2.75, 3.05) is 10.9 Å². The monoisotopic (exact) mass is 458 g/mol. The Morgan fingerprint density at radius 1 is 1.10 bits per heavy atom. The van der Waals surface area contributed by atoms with Crippen LogP contribution in [0.25, 0.3) is 10.9 Å². The molecular formula is C17H14N8O4S2. The van der Waals surface area contributed by atoms with Crippen molar-refractivity contribution in [2.45, 2.75) is 4.90 Å². The second-order valence-corrected chi connectivity index (χ2v) is 8.62.